The van der Waals surface area contributed by atoms with Crippen molar-refractivity contribution in [3.63, 3.8) is 0 Å². The van der Waals surface area contributed by atoms with Gasteiger partial charge in [-0.3, -0.25) is 4.84 Å². The van der Waals surface area contributed by atoms with E-state index in [0.29, 0.717) is 19.3 Å². The van der Waals surface area contributed by atoms with Crippen molar-refractivity contribution in [3.8, 4) is 0 Å². The van der Waals surface area contributed by atoms with E-state index in [-0.39, 0.29) is 5.60 Å². The third kappa shape index (κ3) is 4.10. The predicted molar refractivity (Wildman–Crippen MR) is 69.2 cm³/mol. The summed E-state index contributed by atoms with van der Waals surface area (Å²) in [4.78, 5) is 5.41. The summed E-state index contributed by atoms with van der Waals surface area (Å²) in [5.41, 5.74) is 3.29. The highest BCUT2D eigenvalue weighted by molar-refractivity contribution is 7.99. The Kier molecular flexibility index (Phi) is 5.56. The monoisotopic (exact) mass is 261 g/mol. The van der Waals surface area contributed by atoms with Crippen LogP contribution in [0.15, 0.2) is 0 Å². The molecule has 2 aliphatic heterocycles. The van der Waals surface area contributed by atoms with Crippen LogP contribution in [0.2, 0.25) is 0 Å². The topological polar surface area (TPSA) is 39.7 Å². The van der Waals surface area contributed by atoms with Crippen LogP contribution < -0.4 is 5.48 Å². The van der Waals surface area contributed by atoms with Crippen molar-refractivity contribution in [3.05, 3.63) is 0 Å². The highest BCUT2D eigenvalue weighted by Crippen LogP contribution is 2.37. The molecular formula is C12H23NO3S. The maximum absolute atomic E-state index is 6.03. The van der Waals surface area contributed by atoms with Crippen LogP contribution in [0.4, 0.5) is 0 Å². The summed E-state index contributed by atoms with van der Waals surface area (Å²) >= 11 is 2.04. The average Bonchev–Trinajstić information content (AvgIpc) is 2.36. The Morgan fingerprint density at radius 3 is 2.94 bits per heavy atom. The van der Waals surface area contributed by atoms with Crippen molar-refractivity contribution in [2.45, 2.75) is 37.3 Å². The van der Waals surface area contributed by atoms with Crippen molar-refractivity contribution in [1.29, 1.82) is 0 Å². The number of nitrogens with one attached hydrogen (secondary N) is 1. The van der Waals surface area contributed by atoms with Gasteiger partial charge in [-0.15, -0.1) is 0 Å². The minimum atomic E-state index is 0.131. The van der Waals surface area contributed by atoms with Crippen LogP contribution in [0.25, 0.3) is 0 Å². The molecule has 0 aromatic rings. The standard InChI is InChI=1S/C12H23NO3S/c1-14-6-7-16-13-11-2-5-15-12(10-11)3-8-17-9-4-12/h11,13H,2-10H2,1H3. The van der Waals surface area contributed by atoms with Gasteiger partial charge in [0, 0.05) is 19.8 Å². The minimum absolute atomic E-state index is 0.131. The first kappa shape index (κ1) is 13.6. The molecule has 5 heteroatoms. The molecule has 2 fully saturated rings. The Balaban J connectivity index is 1.72. The molecule has 0 bridgehead atoms. The van der Waals surface area contributed by atoms with Gasteiger partial charge in [-0.25, -0.2) is 0 Å². The zero-order valence-corrected chi connectivity index (χ0v) is 11.4. The van der Waals surface area contributed by atoms with Gasteiger partial charge in [0.1, 0.15) is 0 Å². The van der Waals surface area contributed by atoms with E-state index in [4.69, 9.17) is 14.3 Å². The number of ether oxygens (including phenoxy) is 2. The third-order valence-corrected chi connectivity index (χ3v) is 4.52. The smallest absolute Gasteiger partial charge is 0.0915 e. The summed E-state index contributed by atoms with van der Waals surface area (Å²) < 4.78 is 11.0. The summed E-state index contributed by atoms with van der Waals surface area (Å²) in [6, 6.07) is 0.434. The first-order valence-corrected chi connectivity index (χ1v) is 7.58. The largest absolute Gasteiger partial charge is 0.382 e. The van der Waals surface area contributed by atoms with E-state index in [1.165, 1.54) is 24.3 Å². The molecule has 0 saturated carbocycles. The van der Waals surface area contributed by atoms with Crippen molar-refractivity contribution in [1.82, 2.24) is 5.48 Å². The number of thioether (sulfide) groups is 1. The fraction of sp³-hybridized carbons (Fsp3) is 1.00. The molecule has 1 spiro atoms. The van der Waals surface area contributed by atoms with E-state index < -0.39 is 0 Å². The van der Waals surface area contributed by atoms with Gasteiger partial charge in [0.15, 0.2) is 0 Å². The molecule has 2 rings (SSSR count). The van der Waals surface area contributed by atoms with E-state index in [1.807, 2.05) is 11.8 Å². The second-order valence-corrected chi connectivity index (χ2v) is 6.02. The van der Waals surface area contributed by atoms with Crippen LogP contribution in [0, 0.1) is 0 Å². The summed E-state index contributed by atoms with van der Waals surface area (Å²) in [5, 5.41) is 0. The molecule has 2 saturated heterocycles. The highest BCUT2D eigenvalue weighted by Gasteiger charge is 2.38. The Hall–Kier alpha value is 0.190. The molecule has 1 atom stereocenters. The zero-order valence-electron chi connectivity index (χ0n) is 10.6. The Morgan fingerprint density at radius 2 is 2.18 bits per heavy atom. The maximum atomic E-state index is 6.03. The molecule has 4 nitrogen and oxygen atoms in total. The molecule has 100 valence electrons. The molecule has 1 N–H and O–H groups in total. The van der Waals surface area contributed by atoms with E-state index in [2.05, 4.69) is 5.48 Å². The number of hydroxylamine groups is 1. The number of methoxy groups -OCH3 is 1. The lowest BCUT2D eigenvalue weighted by atomic mass is 9.86. The Labute approximate surface area is 108 Å². The Bertz CT molecular complexity index is 216. The van der Waals surface area contributed by atoms with Crippen molar-refractivity contribution in [2.75, 3.05) is 38.4 Å². The molecular weight excluding hydrogens is 238 g/mol. The lowest BCUT2D eigenvalue weighted by Crippen LogP contribution is -2.49. The Morgan fingerprint density at radius 1 is 1.35 bits per heavy atom. The van der Waals surface area contributed by atoms with Gasteiger partial charge in [-0.1, -0.05) is 0 Å². The van der Waals surface area contributed by atoms with Crippen molar-refractivity contribution < 1.29 is 14.3 Å². The quantitative estimate of drug-likeness (QED) is 0.601. The first-order chi connectivity index (χ1) is 8.35. The van der Waals surface area contributed by atoms with E-state index in [1.54, 1.807) is 7.11 Å². The summed E-state index contributed by atoms with van der Waals surface area (Å²) in [7, 11) is 1.69. The molecule has 2 heterocycles. The number of rotatable bonds is 5. The molecule has 17 heavy (non-hydrogen) atoms. The SMILES string of the molecule is COCCONC1CCOC2(CCSCC2)C1. The van der Waals surface area contributed by atoms with Crippen LogP contribution >= 0.6 is 11.8 Å². The van der Waals surface area contributed by atoms with Crippen LogP contribution in [0.1, 0.15) is 25.7 Å². The molecule has 0 radical (unpaired) electrons. The van der Waals surface area contributed by atoms with Crippen molar-refractivity contribution >= 4 is 11.8 Å². The number of hydrogen-bond donors (Lipinski definition) is 1. The van der Waals surface area contributed by atoms with Gasteiger partial charge in [-0.2, -0.15) is 17.2 Å². The van der Waals surface area contributed by atoms with Gasteiger partial charge in [-0.05, 0) is 37.2 Å². The predicted octanol–water partition coefficient (Wildman–Crippen LogP) is 1.60. The van der Waals surface area contributed by atoms with E-state index in [9.17, 15) is 0 Å². The highest BCUT2D eigenvalue weighted by atomic mass is 32.2. The zero-order chi connectivity index (χ0) is 12.0. The number of hydrogen-bond acceptors (Lipinski definition) is 5. The van der Waals surface area contributed by atoms with Crippen LogP contribution in [-0.4, -0.2) is 50.1 Å². The summed E-state index contributed by atoms with van der Waals surface area (Å²) in [6.07, 6.45) is 4.50. The van der Waals surface area contributed by atoms with E-state index >= 15 is 0 Å². The van der Waals surface area contributed by atoms with Crippen LogP contribution in [-0.2, 0) is 14.3 Å². The van der Waals surface area contributed by atoms with Gasteiger partial charge in [0.25, 0.3) is 0 Å². The second-order valence-electron chi connectivity index (χ2n) is 4.79. The molecule has 2 aliphatic rings. The minimum Gasteiger partial charge on any atom is -0.382 e. The van der Waals surface area contributed by atoms with E-state index in [0.717, 1.165) is 19.4 Å². The molecule has 0 amide bonds. The lowest BCUT2D eigenvalue weighted by Gasteiger charge is -2.43. The fourth-order valence-electron chi connectivity index (χ4n) is 2.52. The first-order valence-electron chi connectivity index (χ1n) is 6.43. The second kappa shape index (κ2) is 6.95. The van der Waals surface area contributed by atoms with Crippen LogP contribution in [0.5, 0.6) is 0 Å². The van der Waals surface area contributed by atoms with Crippen LogP contribution in [0.3, 0.4) is 0 Å². The fourth-order valence-corrected chi connectivity index (χ4v) is 3.76. The van der Waals surface area contributed by atoms with Gasteiger partial charge < -0.3 is 9.47 Å². The molecule has 1 unspecified atom stereocenters. The third-order valence-electron chi connectivity index (χ3n) is 3.54. The summed E-state index contributed by atoms with van der Waals surface area (Å²) in [6.45, 7) is 2.10. The van der Waals surface area contributed by atoms with Crippen molar-refractivity contribution in [2.24, 2.45) is 0 Å². The maximum Gasteiger partial charge on any atom is 0.0915 e. The van der Waals surface area contributed by atoms with Gasteiger partial charge in [0.2, 0.25) is 0 Å². The lowest BCUT2D eigenvalue weighted by molar-refractivity contribution is -0.118. The average molecular weight is 261 g/mol. The molecule has 0 aliphatic carbocycles. The summed E-state index contributed by atoms with van der Waals surface area (Å²) in [5.74, 6) is 2.47. The van der Waals surface area contributed by atoms with Gasteiger partial charge >= 0.3 is 0 Å². The molecule has 0 aromatic carbocycles. The molecule has 0 aromatic heterocycles. The normalized spacial score (nSPS) is 28.4. The van der Waals surface area contributed by atoms with Gasteiger partial charge in [0.05, 0.1) is 18.8 Å².